The summed E-state index contributed by atoms with van der Waals surface area (Å²) in [5.41, 5.74) is 0.218. The van der Waals surface area contributed by atoms with Crippen LogP contribution in [0.3, 0.4) is 0 Å². The highest BCUT2D eigenvalue weighted by Gasteiger charge is 2.24. The summed E-state index contributed by atoms with van der Waals surface area (Å²) in [5, 5.41) is 14.8. The molecule has 21 heavy (non-hydrogen) atoms. The number of hydrogen-bond donors (Lipinski definition) is 1. The molecule has 5 heteroatoms. The Morgan fingerprint density at radius 2 is 1.95 bits per heavy atom. The van der Waals surface area contributed by atoms with E-state index in [9.17, 15) is 5.11 Å². The van der Waals surface area contributed by atoms with Crippen molar-refractivity contribution >= 4 is 0 Å². The monoisotopic (exact) mass is 289 g/mol. The van der Waals surface area contributed by atoms with E-state index in [2.05, 4.69) is 17.0 Å². The average molecular weight is 289 g/mol. The van der Waals surface area contributed by atoms with Crippen LogP contribution in [0.5, 0.6) is 5.75 Å². The van der Waals surface area contributed by atoms with Gasteiger partial charge in [0.1, 0.15) is 17.9 Å². The topological polar surface area (TPSA) is 60.2 Å². The first-order valence-corrected chi connectivity index (χ1v) is 7.26. The maximum absolute atomic E-state index is 10.6. The van der Waals surface area contributed by atoms with Gasteiger partial charge in [-0.1, -0.05) is 19.1 Å². The summed E-state index contributed by atoms with van der Waals surface area (Å²) < 4.78 is 7.01. The van der Waals surface area contributed by atoms with Crippen molar-refractivity contribution in [3.05, 3.63) is 42.0 Å². The summed E-state index contributed by atoms with van der Waals surface area (Å²) in [6, 6.07) is 7.77. The molecule has 0 aliphatic heterocycles. The highest BCUT2D eigenvalue weighted by Crippen LogP contribution is 2.20. The molecule has 1 N–H and O–H groups in total. The second-order valence-corrected chi connectivity index (χ2v) is 5.60. The van der Waals surface area contributed by atoms with Crippen molar-refractivity contribution < 1.29 is 9.84 Å². The van der Waals surface area contributed by atoms with Crippen LogP contribution in [-0.4, -0.2) is 32.6 Å². The molecule has 2 rings (SSSR count). The minimum atomic E-state index is -0.854. The Balaban J connectivity index is 2.04. The predicted octanol–water partition coefficient (Wildman–Crippen LogP) is 2.23. The second kappa shape index (κ2) is 6.72. The van der Waals surface area contributed by atoms with E-state index < -0.39 is 5.60 Å². The molecule has 1 unspecified atom stereocenters. The number of benzene rings is 1. The van der Waals surface area contributed by atoms with Crippen molar-refractivity contribution in [1.29, 1.82) is 0 Å². The normalized spacial score (nSPS) is 13.9. The van der Waals surface area contributed by atoms with Crippen LogP contribution in [0.15, 0.2) is 30.6 Å². The zero-order valence-corrected chi connectivity index (χ0v) is 12.9. The van der Waals surface area contributed by atoms with E-state index in [-0.39, 0.29) is 0 Å². The van der Waals surface area contributed by atoms with E-state index in [1.807, 2.05) is 35.9 Å². The number of nitrogens with zero attached hydrogens (tertiary/aromatic N) is 3. The zero-order valence-electron chi connectivity index (χ0n) is 12.9. The van der Waals surface area contributed by atoms with Gasteiger partial charge in [-0.2, -0.15) is 5.10 Å². The van der Waals surface area contributed by atoms with Crippen LogP contribution in [0.1, 0.15) is 31.7 Å². The summed E-state index contributed by atoms with van der Waals surface area (Å²) in [6.07, 6.45) is 3.60. The summed E-state index contributed by atoms with van der Waals surface area (Å²) in [6.45, 7) is 4.76. The van der Waals surface area contributed by atoms with E-state index in [1.165, 1.54) is 0 Å². The van der Waals surface area contributed by atoms with Crippen molar-refractivity contribution in [3.63, 3.8) is 0 Å². The highest BCUT2D eigenvalue weighted by molar-refractivity contribution is 5.28. The van der Waals surface area contributed by atoms with Crippen molar-refractivity contribution in [2.24, 2.45) is 0 Å². The van der Waals surface area contributed by atoms with E-state index in [0.717, 1.165) is 30.1 Å². The molecule has 1 atom stereocenters. The zero-order chi connectivity index (χ0) is 15.3. The number of rotatable bonds is 7. The first-order chi connectivity index (χ1) is 10.0. The van der Waals surface area contributed by atoms with Crippen LogP contribution in [0, 0.1) is 0 Å². The molecule has 0 spiro atoms. The van der Waals surface area contributed by atoms with Crippen LogP contribution in [0.4, 0.5) is 0 Å². The largest absolute Gasteiger partial charge is 0.497 e. The lowest BCUT2D eigenvalue weighted by Gasteiger charge is -2.23. The van der Waals surface area contributed by atoms with Crippen LogP contribution >= 0.6 is 0 Å². The van der Waals surface area contributed by atoms with Gasteiger partial charge in [0.15, 0.2) is 0 Å². The Bertz CT molecular complexity index is 561. The van der Waals surface area contributed by atoms with Gasteiger partial charge in [-0.25, -0.2) is 4.98 Å². The Hall–Kier alpha value is -1.88. The minimum absolute atomic E-state index is 0.485. The molecule has 5 nitrogen and oxygen atoms in total. The van der Waals surface area contributed by atoms with Crippen molar-refractivity contribution in [3.8, 4) is 5.75 Å². The van der Waals surface area contributed by atoms with E-state index in [4.69, 9.17) is 4.74 Å². The molecular weight excluding hydrogens is 266 g/mol. The van der Waals surface area contributed by atoms with Gasteiger partial charge in [-0.15, -0.1) is 0 Å². The van der Waals surface area contributed by atoms with Crippen molar-refractivity contribution in [2.75, 3.05) is 7.11 Å². The highest BCUT2D eigenvalue weighted by atomic mass is 16.5. The molecule has 0 fully saturated rings. The van der Waals surface area contributed by atoms with Gasteiger partial charge in [0.2, 0.25) is 0 Å². The number of hydrogen-bond acceptors (Lipinski definition) is 4. The van der Waals surface area contributed by atoms with Gasteiger partial charge in [-0.05, 0) is 31.0 Å². The van der Waals surface area contributed by atoms with E-state index >= 15 is 0 Å². The maximum Gasteiger partial charge on any atom is 0.138 e. The fourth-order valence-electron chi connectivity index (χ4n) is 2.41. The SMILES string of the molecule is CCCn1ncnc1CC(C)(O)Cc1ccc(OC)cc1. The summed E-state index contributed by atoms with van der Waals surface area (Å²) in [5.74, 6) is 1.65. The molecule has 0 radical (unpaired) electrons. The van der Waals surface area contributed by atoms with E-state index in [1.54, 1.807) is 13.4 Å². The Labute approximate surface area is 125 Å². The fourth-order valence-corrected chi connectivity index (χ4v) is 2.41. The maximum atomic E-state index is 10.6. The smallest absolute Gasteiger partial charge is 0.138 e. The number of aromatic nitrogens is 3. The number of aliphatic hydroxyl groups is 1. The van der Waals surface area contributed by atoms with Gasteiger partial charge in [0.25, 0.3) is 0 Å². The average Bonchev–Trinajstić information content (AvgIpc) is 2.86. The van der Waals surface area contributed by atoms with Crippen LogP contribution in [-0.2, 0) is 19.4 Å². The Kier molecular flexibility index (Phi) is 4.96. The molecule has 0 saturated carbocycles. The molecule has 0 aliphatic carbocycles. The molecule has 0 bridgehead atoms. The Morgan fingerprint density at radius 3 is 2.57 bits per heavy atom. The molecule has 1 aromatic heterocycles. The lowest BCUT2D eigenvalue weighted by atomic mass is 9.93. The number of aryl methyl sites for hydroxylation is 1. The number of ether oxygens (including phenoxy) is 1. The first kappa shape index (κ1) is 15.5. The standard InChI is InChI=1S/C16H23N3O2/c1-4-9-19-15(17-12-18-19)11-16(2,20)10-13-5-7-14(21-3)8-6-13/h5-8,12,20H,4,9-11H2,1-3H3. The molecule has 1 aromatic carbocycles. The molecule has 0 amide bonds. The Morgan fingerprint density at radius 1 is 1.24 bits per heavy atom. The molecule has 0 aliphatic rings. The molecular formula is C16H23N3O2. The molecule has 114 valence electrons. The van der Waals surface area contributed by atoms with Crippen molar-refractivity contribution in [1.82, 2.24) is 14.8 Å². The lowest BCUT2D eigenvalue weighted by Crippen LogP contribution is -2.31. The van der Waals surface area contributed by atoms with Gasteiger partial charge in [-0.3, -0.25) is 4.68 Å². The third-order valence-electron chi connectivity index (χ3n) is 3.41. The van der Waals surface area contributed by atoms with Gasteiger partial charge < -0.3 is 9.84 Å². The second-order valence-electron chi connectivity index (χ2n) is 5.60. The first-order valence-electron chi connectivity index (χ1n) is 7.26. The molecule has 2 aromatic rings. The predicted molar refractivity (Wildman–Crippen MR) is 81.3 cm³/mol. The van der Waals surface area contributed by atoms with Gasteiger partial charge >= 0.3 is 0 Å². The van der Waals surface area contributed by atoms with Crippen LogP contribution in [0.2, 0.25) is 0 Å². The van der Waals surface area contributed by atoms with Crippen LogP contribution in [0.25, 0.3) is 0 Å². The van der Waals surface area contributed by atoms with Gasteiger partial charge in [0.05, 0.1) is 12.7 Å². The van der Waals surface area contributed by atoms with Crippen molar-refractivity contribution in [2.45, 2.75) is 45.3 Å². The molecule has 1 heterocycles. The van der Waals surface area contributed by atoms with E-state index in [0.29, 0.717) is 12.8 Å². The third kappa shape index (κ3) is 4.29. The third-order valence-corrected chi connectivity index (χ3v) is 3.41. The summed E-state index contributed by atoms with van der Waals surface area (Å²) >= 11 is 0. The lowest BCUT2D eigenvalue weighted by molar-refractivity contribution is 0.0575. The molecule has 0 saturated heterocycles. The summed E-state index contributed by atoms with van der Waals surface area (Å²) in [4.78, 5) is 4.26. The van der Waals surface area contributed by atoms with Gasteiger partial charge in [0, 0.05) is 19.4 Å². The number of methoxy groups -OCH3 is 1. The summed E-state index contributed by atoms with van der Waals surface area (Å²) in [7, 11) is 1.64. The van der Waals surface area contributed by atoms with Crippen LogP contribution < -0.4 is 4.74 Å². The quantitative estimate of drug-likeness (QED) is 0.849. The minimum Gasteiger partial charge on any atom is -0.497 e. The fraction of sp³-hybridized carbons (Fsp3) is 0.500.